The third-order valence-corrected chi connectivity index (χ3v) is 4.51. The third-order valence-electron chi connectivity index (χ3n) is 4.51. The highest BCUT2D eigenvalue weighted by Gasteiger charge is 2.46. The van der Waals surface area contributed by atoms with E-state index in [-0.39, 0.29) is 42.5 Å². The fraction of sp³-hybridized carbons (Fsp3) is 0.667. The maximum Gasteiger partial charge on any atom is 0.233 e. The average Bonchev–Trinajstić information content (AvgIpc) is 2.78. The molecule has 0 aromatic rings. The summed E-state index contributed by atoms with van der Waals surface area (Å²) in [5.74, 6) is -0.637. The topological polar surface area (TPSA) is 66.9 Å². The Hall–Kier alpha value is -1.69. The molecule has 0 spiro atoms. The highest BCUT2D eigenvalue weighted by molar-refractivity contribution is 6.05. The van der Waals surface area contributed by atoms with Gasteiger partial charge in [0.25, 0.3) is 0 Å². The standard InChI is InChI=1S/C15H20N2O4/c18-13(16-7-9-21-10-8-16)5-6-17-14(19)11-3-1-2-4-12(11)15(17)20/h1-2,11-12H,3-10H2/t11-,12+. The Kier molecular flexibility index (Phi) is 4.05. The summed E-state index contributed by atoms with van der Waals surface area (Å²) in [4.78, 5) is 39.7. The molecule has 2 atom stereocenters. The van der Waals surface area contributed by atoms with Crippen molar-refractivity contribution < 1.29 is 19.1 Å². The van der Waals surface area contributed by atoms with Gasteiger partial charge in [0, 0.05) is 26.1 Å². The molecule has 0 saturated carbocycles. The number of amides is 3. The van der Waals surface area contributed by atoms with Gasteiger partial charge in [-0.3, -0.25) is 19.3 Å². The maximum absolute atomic E-state index is 12.3. The molecular weight excluding hydrogens is 272 g/mol. The first-order chi connectivity index (χ1) is 10.2. The summed E-state index contributed by atoms with van der Waals surface area (Å²) in [6.45, 7) is 2.51. The number of imide groups is 1. The van der Waals surface area contributed by atoms with Gasteiger partial charge in [-0.15, -0.1) is 0 Å². The predicted molar refractivity (Wildman–Crippen MR) is 74.1 cm³/mol. The minimum Gasteiger partial charge on any atom is -0.378 e. The number of hydrogen-bond acceptors (Lipinski definition) is 4. The molecule has 2 saturated heterocycles. The lowest BCUT2D eigenvalue weighted by Gasteiger charge is -2.27. The zero-order chi connectivity index (χ0) is 14.8. The highest BCUT2D eigenvalue weighted by atomic mass is 16.5. The molecule has 0 N–H and O–H groups in total. The summed E-state index contributed by atoms with van der Waals surface area (Å²) < 4.78 is 5.21. The summed E-state index contributed by atoms with van der Waals surface area (Å²) in [6.07, 6.45) is 5.43. The Morgan fingerprint density at radius 3 is 2.24 bits per heavy atom. The van der Waals surface area contributed by atoms with Crippen molar-refractivity contribution in [3.8, 4) is 0 Å². The molecule has 2 fully saturated rings. The Morgan fingerprint density at radius 2 is 1.67 bits per heavy atom. The fourth-order valence-electron chi connectivity index (χ4n) is 3.27. The van der Waals surface area contributed by atoms with Gasteiger partial charge in [-0.25, -0.2) is 0 Å². The second kappa shape index (κ2) is 5.97. The van der Waals surface area contributed by atoms with Gasteiger partial charge in [-0.05, 0) is 12.8 Å². The van der Waals surface area contributed by atoms with Crippen molar-refractivity contribution in [2.24, 2.45) is 11.8 Å². The minimum absolute atomic E-state index is 0.00750. The number of likely N-dealkylation sites (tertiary alicyclic amines) is 1. The van der Waals surface area contributed by atoms with E-state index in [0.717, 1.165) is 0 Å². The van der Waals surface area contributed by atoms with Gasteiger partial charge in [-0.1, -0.05) is 12.2 Å². The van der Waals surface area contributed by atoms with Crippen molar-refractivity contribution >= 4 is 17.7 Å². The molecule has 3 amide bonds. The van der Waals surface area contributed by atoms with Crippen LogP contribution in [0.2, 0.25) is 0 Å². The van der Waals surface area contributed by atoms with E-state index in [0.29, 0.717) is 39.1 Å². The molecule has 6 heteroatoms. The molecular formula is C15H20N2O4. The van der Waals surface area contributed by atoms with Crippen LogP contribution in [0.4, 0.5) is 0 Å². The van der Waals surface area contributed by atoms with E-state index in [2.05, 4.69) is 0 Å². The lowest BCUT2D eigenvalue weighted by Crippen LogP contribution is -2.42. The van der Waals surface area contributed by atoms with Crippen molar-refractivity contribution in [1.82, 2.24) is 9.80 Å². The Labute approximate surface area is 123 Å². The highest BCUT2D eigenvalue weighted by Crippen LogP contribution is 2.35. The van der Waals surface area contributed by atoms with E-state index in [1.54, 1.807) is 4.90 Å². The average molecular weight is 292 g/mol. The van der Waals surface area contributed by atoms with E-state index < -0.39 is 0 Å². The second-order valence-corrected chi connectivity index (χ2v) is 5.73. The molecule has 0 unspecified atom stereocenters. The number of ether oxygens (including phenoxy) is 1. The molecule has 2 aliphatic heterocycles. The van der Waals surface area contributed by atoms with Crippen LogP contribution in [-0.4, -0.2) is 60.4 Å². The monoisotopic (exact) mass is 292 g/mol. The quantitative estimate of drug-likeness (QED) is 0.550. The SMILES string of the molecule is O=C(CCN1C(=O)[C@H]2CC=CC[C@H]2C1=O)N1CCOCC1. The largest absolute Gasteiger partial charge is 0.378 e. The molecule has 3 aliphatic rings. The van der Waals surface area contributed by atoms with Crippen LogP contribution in [0.15, 0.2) is 12.2 Å². The number of nitrogens with zero attached hydrogens (tertiary/aromatic N) is 2. The number of carbonyl (C=O) groups is 3. The molecule has 21 heavy (non-hydrogen) atoms. The lowest BCUT2D eigenvalue weighted by molar-refractivity contribution is -0.141. The number of morpholine rings is 1. The van der Waals surface area contributed by atoms with E-state index in [9.17, 15) is 14.4 Å². The summed E-state index contributed by atoms with van der Waals surface area (Å²) in [5.41, 5.74) is 0. The fourth-order valence-corrected chi connectivity index (χ4v) is 3.27. The van der Waals surface area contributed by atoms with E-state index in [4.69, 9.17) is 4.74 Å². The summed E-state index contributed by atoms with van der Waals surface area (Å²) in [6, 6.07) is 0. The number of fused-ring (bicyclic) bond motifs is 1. The van der Waals surface area contributed by atoms with Crippen LogP contribution >= 0.6 is 0 Å². The van der Waals surface area contributed by atoms with Gasteiger partial charge in [-0.2, -0.15) is 0 Å². The van der Waals surface area contributed by atoms with Crippen molar-refractivity contribution in [2.75, 3.05) is 32.8 Å². The Bertz CT molecular complexity index is 456. The summed E-state index contributed by atoms with van der Waals surface area (Å²) >= 11 is 0. The number of hydrogen-bond donors (Lipinski definition) is 0. The molecule has 114 valence electrons. The van der Waals surface area contributed by atoms with E-state index >= 15 is 0 Å². The Balaban J connectivity index is 1.56. The van der Waals surface area contributed by atoms with Crippen molar-refractivity contribution in [3.63, 3.8) is 0 Å². The number of carbonyl (C=O) groups excluding carboxylic acids is 3. The van der Waals surface area contributed by atoms with Crippen molar-refractivity contribution in [3.05, 3.63) is 12.2 Å². The van der Waals surface area contributed by atoms with Crippen LogP contribution in [0.25, 0.3) is 0 Å². The molecule has 0 aromatic carbocycles. The lowest BCUT2D eigenvalue weighted by atomic mass is 9.85. The first-order valence-corrected chi connectivity index (χ1v) is 7.54. The minimum atomic E-state index is -0.207. The van der Waals surface area contributed by atoms with Gasteiger partial charge in [0.1, 0.15) is 0 Å². The molecule has 6 nitrogen and oxygen atoms in total. The third kappa shape index (κ3) is 2.72. The molecule has 0 aromatic heterocycles. The second-order valence-electron chi connectivity index (χ2n) is 5.73. The van der Waals surface area contributed by atoms with Crippen LogP contribution in [0.3, 0.4) is 0 Å². The first-order valence-electron chi connectivity index (χ1n) is 7.54. The van der Waals surface area contributed by atoms with Crippen LogP contribution in [-0.2, 0) is 19.1 Å². The van der Waals surface area contributed by atoms with E-state index in [1.807, 2.05) is 12.2 Å². The molecule has 0 bridgehead atoms. The van der Waals surface area contributed by atoms with Crippen LogP contribution in [0.5, 0.6) is 0 Å². The van der Waals surface area contributed by atoms with Crippen LogP contribution in [0, 0.1) is 11.8 Å². The molecule has 0 radical (unpaired) electrons. The molecule has 3 rings (SSSR count). The summed E-state index contributed by atoms with van der Waals surface area (Å²) in [5, 5.41) is 0. The maximum atomic E-state index is 12.3. The van der Waals surface area contributed by atoms with Crippen LogP contribution < -0.4 is 0 Å². The van der Waals surface area contributed by atoms with Crippen LogP contribution in [0.1, 0.15) is 19.3 Å². The molecule has 1 aliphatic carbocycles. The number of allylic oxidation sites excluding steroid dienone is 2. The first kappa shape index (κ1) is 14.3. The van der Waals surface area contributed by atoms with Gasteiger partial charge in [0.2, 0.25) is 17.7 Å². The smallest absolute Gasteiger partial charge is 0.233 e. The molecule has 2 heterocycles. The van der Waals surface area contributed by atoms with Crippen molar-refractivity contribution in [2.45, 2.75) is 19.3 Å². The zero-order valence-electron chi connectivity index (χ0n) is 12.0. The van der Waals surface area contributed by atoms with E-state index in [1.165, 1.54) is 4.90 Å². The number of rotatable bonds is 3. The van der Waals surface area contributed by atoms with Gasteiger partial charge < -0.3 is 9.64 Å². The van der Waals surface area contributed by atoms with Gasteiger partial charge >= 0.3 is 0 Å². The predicted octanol–water partition coefficient (Wildman–Crippen LogP) is 0.187. The van der Waals surface area contributed by atoms with Gasteiger partial charge in [0.05, 0.1) is 25.0 Å². The Morgan fingerprint density at radius 1 is 1.10 bits per heavy atom. The van der Waals surface area contributed by atoms with Crippen molar-refractivity contribution in [1.29, 1.82) is 0 Å². The summed E-state index contributed by atoms with van der Waals surface area (Å²) in [7, 11) is 0. The zero-order valence-corrected chi connectivity index (χ0v) is 12.0. The normalized spacial score (nSPS) is 29.0. The van der Waals surface area contributed by atoms with Gasteiger partial charge in [0.15, 0.2) is 0 Å².